The zero-order valence-corrected chi connectivity index (χ0v) is 19.6. The van der Waals surface area contributed by atoms with Gasteiger partial charge in [-0.25, -0.2) is 9.36 Å². The lowest BCUT2D eigenvalue weighted by molar-refractivity contribution is 0.881. The molecule has 0 atom stereocenters. The summed E-state index contributed by atoms with van der Waals surface area (Å²) in [5.41, 5.74) is 6.65. The lowest BCUT2D eigenvalue weighted by Crippen LogP contribution is -1.94. The topological polar surface area (TPSA) is 35.6 Å². The highest BCUT2D eigenvalue weighted by Gasteiger charge is 2.11. The van der Waals surface area contributed by atoms with E-state index in [0.717, 1.165) is 22.5 Å². The Hall–Kier alpha value is -4.48. The largest absolute Gasteiger partial charge is 0.240 e. The molecule has 4 nitrogen and oxygen atoms in total. The van der Waals surface area contributed by atoms with E-state index in [0.29, 0.717) is 0 Å². The van der Waals surface area contributed by atoms with Crippen LogP contribution in [0.15, 0.2) is 122 Å². The standard InChI is InChI=1S/C30H20N4S/c1-3-7-21(8-4-1)23-17-31-33(19-23)25-11-13-29-27(15-25)28-16-26(12-14-30(28)35-29)34-20-24(18-32-34)22-9-5-2-6-10-22/h1-20H. The van der Waals surface area contributed by atoms with Crippen LogP contribution in [0, 0.1) is 0 Å². The average molecular weight is 469 g/mol. The third kappa shape index (κ3) is 3.54. The molecule has 0 spiro atoms. The number of aromatic nitrogens is 4. The van der Waals surface area contributed by atoms with Crippen LogP contribution in [0.1, 0.15) is 0 Å². The summed E-state index contributed by atoms with van der Waals surface area (Å²) in [6.45, 7) is 0. The summed E-state index contributed by atoms with van der Waals surface area (Å²) >= 11 is 1.81. The molecule has 5 heteroatoms. The Morgan fingerprint density at radius 3 is 1.40 bits per heavy atom. The Bertz CT molecular complexity index is 1660. The molecule has 0 fully saturated rings. The molecule has 7 rings (SSSR count). The van der Waals surface area contributed by atoms with Crippen molar-refractivity contribution in [3.8, 4) is 33.6 Å². The molecule has 35 heavy (non-hydrogen) atoms. The SMILES string of the molecule is c1ccc(-c2cnn(-c3ccc4sc5ccc(-n6cc(-c7ccccc7)cn6)cc5c4c3)c2)cc1. The second-order valence-corrected chi connectivity index (χ2v) is 9.63. The van der Waals surface area contributed by atoms with Gasteiger partial charge >= 0.3 is 0 Å². The van der Waals surface area contributed by atoms with Gasteiger partial charge in [-0.2, -0.15) is 10.2 Å². The summed E-state index contributed by atoms with van der Waals surface area (Å²) in [7, 11) is 0. The maximum absolute atomic E-state index is 4.64. The van der Waals surface area contributed by atoms with Crippen LogP contribution in [0.2, 0.25) is 0 Å². The Labute approximate surface area is 206 Å². The summed E-state index contributed by atoms with van der Waals surface area (Å²) in [5.74, 6) is 0. The molecule has 4 aromatic carbocycles. The number of fused-ring (bicyclic) bond motifs is 3. The fourth-order valence-corrected chi connectivity index (χ4v) is 5.59. The highest BCUT2D eigenvalue weighted by Crippen LogP contribution is 2.36. The Morgan fingerprint density at radius 2 is 0.943 bits per heavy atom. The first kappa shape index (κ1) is 19.9. The summed E-state index contributed by atoms with van der Waals surface area (Å²) in [5, 5.41) is 11.7. The highest BCUT2D eigenvalue weighted by molar-refractivity contribution is 7.25. The Kier molecular flexibility index (Phi) is 4.60. The summed E-state index contributed by atoms with van der Waals surface area (Å²) < 4.78 is 6.44. The molecule has 0 amide bonds. The van der Waals surface area contributed by atoms with Crippen molar-refractivity contribution in [3.63, 3.8) is 0 Å². The zero-order chi connectivity index (χ0) is 23.2. The van der Waals surface area contributed by atoms with Gasteiger partial charge in [0.1, 0.15) is 0 Å². The predicted molar refractivity (Wildman–Crippen MR) is 144 cm³/mol. The number of benzene rings is 4. The Balaban J connectivity index is 1.29. The predicted octanol–water partition coefficient (Wildman–Crippen LogP) is 7.76. The third-order valence-electron chi connectivity index (χ3n) is 6.34. The number of hydrogen-bond donors (Lipinski definition) is 0. The van der Waals surface area contributed by atoms with Gasteiger partial charge in [0.15, 0.2) is 0 Å². The molecule has 7 aromatic rings. The molecule has 0 bridgehead atoms. The summed E-state index contributed by atoms with van der Waals surface area (Å²) in [6, 6.07) is 33.8. The van der Waals surface area contributed by atoms with E-state index in [1.165, 1.54) is 31.3 Å². The first-order valence-electron chi connectivity index (χ1n) is 11.5. The van der Waals surface area contributed by atoms with Gasteiger partial charge < -0.3 is 0 Å². The first-order chi connectivity index (χ1) is 17.3. The number of hydrogen-bond acceptors (Lipinski definition) is 3. The van der Waals surface area contributed by atoms with Crippen LogP contribution in [-0.4, -0.2) is 19.6 Å². The minimum atomic E-state index is 1.05. The quantitative estimate of drug-likeness (QED) is 0.265. The van der Waals surface area contributed by atoms with Crippen molar-refractivity contribution in [2.75, 3.05) is 0 Å². The van der Waals surface area contributed by atoms with Crippen LogP contribution < -0.4 is 0 Å². The molecule has 0 aliphatic carbocycles. The average Bonchev–Trinajstić information content (AvgIpc) is 3.68. The molecular formula is C30H20N4S. The maximum atomic E-state index is 4.64. The van der Waals surface area contributed by atoms with E-state index in [2.05, 4.69) is 108 Å². The van der Waals surface area contributed by atoms with Crippen molar-refractivity contribution >= 4 is 31.5 Å². The van der Waals surface area contributed by atoms with Crippen molar-refractivity contribution in [2.24, 2.45) is 0 Å². The number of thiophene rings is 1. The van der Waals surface area contributed by atoms with Gasteiger partial charge in [0.05, 0.1) is 23.8 Å². The fraction of sp³-hybridized carbons (Fsp3) is 0. The lowest BCUT2D eigenvalue weighted by atomic mass is 10.1. The van der Waals surface area contributed by atoms with Gasteiger partial charge in [0.25, 0.3) is 0 Å². The molecule has 3 heterocycles. The van der Waals surface area contributed by atoms with Crippen LogP contribution >= 0.6 is 11.3 Å². The second-order valence-electron chi connectivity index (χ2n) is 8.54. The molecule has 0 aliphatic heterocycles. The fourth-order valence-electron chi connectivity index (χ4n) is 4.53. The van der Waals surface area contributed by atoms with E-state index < -0.39 is 0 Å². The zero-order valence-electron chi connectivity index (χ0n) is 18.7. The smallest absolute Gasteiger partial charge is 0.0653 e. The molecule has 0 saturated carbocycles. The molecule has 3 aromatic heterocycles. The molecular weight excluding hydrogens is 448 g/mol. The van der Waals surface area contributed by atoms with E-state index in [-0.39, 0.29) is 0 Å². The summed E-state index contributed by atoms with van der Waals surface area (Å²) in [6.07, 6.45) is 8.02. The molecule has 0 saturated heterocycles. The van der Waals surface area contributed by atoms with Gasteiger partial charge in [0, 0.05) is 43.7 Å². The molecule has 0 radical (unpaired) electrons. The van der Waals surface area contributed by atoms with Gasteiger partial charge in [-0.15, -0.1) is 11.3 Å². The molecule has 0 unspecified atom stereocenters. The van der Waals surface area contributed by atoms with Gasteiger partial charge in [-0.3, -0.25) is 0 Å². The first-order valence-corrected chi connectivity index (χ1v) is 12.3. The van der Waals surface area contributed by atoms with Crippen LogP contribution in [0.25, 0.3) is 53.8 Å². The minimum Gasteiger partial charge on any atom is -0.240 e. The molecule has 166 valence electrons. The van der Waals surface area contributed by atoms with Crippen molar-refractivity contribution in [1.29, 1.82) is 0 Å². The van der Waals surface area contributed by atoms with Crippen LogP contribution in [0.4, 0.5) is 0 Å². The van der Waals surface area contributed by atoms with Crippen molar-refractivity contribution in [2.45, 2.75) is 0 Å². The van der Waals surface area contributed by atoms with Crippen LogP contribution in [0.5, 0.6) is 0 Å². The van der Waals surface area contributed by atoms with Crippen LogP contribution in [0.3, 0.4) is 0 Å². The highest BCUT2D eigenvalue weighted by atomic mass is 32.1. The maximum Gasteiger partial charge on any atom is 0.0653 e. The van der Waals surface area contributed by atoms with E-state index in [1.807, 2.05) is 45.2 Å². The van der Waals surface area contributed by atoms with E-state index in [1.54, 1.807) is 0 Å². The Morgan fingerprint density at radius 1 is 0.486 bits per heavy atom. The monoisotopic (exact) mass is 468 g/mol. The number of rotatable bonds is 4. The second kappa shape index (κ2) is 8.08. The molecule has 0 aliphatic rings. The van der Waals surface area contributed by atoms with E-state index in [9.17, 15) is 0 Å². The third-order valence-corrected chi connectivity index (χ3v) is 7.50. The molecule has 0 N–H and O–H groups in total. The lowest BCUT2D eigenvalue weighted by Gasteiger charge is -2.04. The van der Waals surface area contributed by atoms with E-state index >= 15 is 0 Å². The van der Waals surface area contributed by atoms with Crippen molar-refractivity contribution in [1.82, 2.24) is 19.6 Å². The summed E-state index contributed by atoms with van der Waals surface area (Å²) in [4.78, 5) is 0. The van der Waals surface area contributed by atoms with Crippen LogP contribution in [-0.2, 0) is 0 Å². The van der Waals surface area contributed by atoms with Gasteiger partial charge in [-0.1, -0.05) is 60.7 Å². The van der Waals surface area contributed by atoms with Gasteiger partial charge in [-0.05, 0) is 47.5 Å². The van der Waals surface area contributed by atoms with Crippen molar-refractivity contribution < 1.29 is 0 Å². The van der Waals surface area contributed by atoms with E-state index in [4.69, 9.17) is 0 Å². The minimum absolute atomic E-state index is 1.05. The van der Waals surface area contributed by atoms with Crippen molar-refractivity contribution in [3.05, 3.63) is 122 Å². The van der Waals surface area contributed by atoms with Gasteiger partial charge in [0.2, 0.25) is 0 Å². The number of nitrogens with zero attached hydrogens (tertiary/aromatic N) is 4. The normalized spacial score (nSPS) is 11.4.